The molecular formula is C16H27N5. The molecule has 0 saturated carbocycles. The van der Waals surface area contributed by atoms with Gasteiger partial charge in [-0.15, -0.1) is 0 Å². The van der Waals surface area contributed by atoms with E-state index in [0.29, 0.717) is 6.04 Å². The summed E-state index contributed by atoms with van der Waals surface area (Å²) >= 11 is 0. The van der Waals surface area contributed by atoms with E-state index < -0.39 is 0 Å². The Morgan fingerprint density at radius 2 is 1.90 bits per heavy atom. The van der Waals surface area contributed by atoms with Crippen molar-refractivity contribution < 1.29 is 0 Å². The van der Waals surface area contributed by atoms with Crippen LogP contribution in [0.3, 0.4) is 0 Å². The fourth-order valence-electron chi connectivity index (χ4n) is 2.95. The Balaban J connectivity index is 1.85. The van der Waals surface area contributed by atoms with Gasteiger partial charge in [0.25, 0.3) is 0 Å². The van der Waals surface area contributed by atoms with Crippen LogP contribution in [0.25, 0.3) is 0 Å². The van der Waals surface area contributed by atoms with Crippen LogP contribution in [-0.2, 0) is 6.54 Å². The Kier molecular flexibility index (Phi) is 5.77. The van der Waals surface area contributed by atoms with Gasteiger partial charge in [0.1, 0.15) is 0 Å². The van der Waals surface area contributed by atoms with Crippen LogP contribution in [0.5, 0.6) is 0 Å². The van der Waals surface area contributed by atoms with E-state index in [2.05, 4.69) is 46.7 Å². The molecular weight excluding hydrogens is 262 g/mol. The number of aromatic nitrogens is 2. The van der Waals surface area contributed by atoms with Crippen LogP contribution in [0.2, 0.25) is 0 Å². The van der Waals surface area contributed by atoms with E-state index in [9.17, 15) is 0 Å². The zero-order valence-electron chi connectivity index (χ0n) is 13.5. The number of piperazine rings is 1. The minimum Gasteiger partial charge on any atom is -0.295 e. The molecule has 21 heavy (non-hydrogen) atoms. The largest absolute Gasteiger partial charge is 0.295 e. The third-order valence-electron chi connectivity index (χ3n) is 4.51. The molecule has 1 aliphatic rings. The highest BCUT2D eigenvalue weighted by atomic mass is 15.3. The van der Waals surface area contributed by atoms with Crippen LogP contribution >= 0.6 is 0 Å². The smallest absolute Gasteiger partial charge is 0.0950 e. The number of rotatable bonds is 6. The van der Waals surface area contributed by atoms with Crippen molar-refractivity contribution in [2.45, 2.75) is 52.2 Å². The lowest BCUT2D eigenvalue weighted by Crippen LogP contribution is -2.48. The van der Waals surface area contributed by atoms with Crippen LogP contribution in [0.4, 0.5) is 0 Å². The van der Waals surface area contributed by atoms with Crippen LogP contribution in [0.15, 0.2) is 12.3 Å². The summed E-state index contributed by atoms with van der Waals surface area (Å²) in [5.41, 5.74) is 1.16. The van der Waals surface area contributed by atoms with Gasteiger partial charge >= 0.3 is 0 Å². The molecule has 2 heterocycles. The van der Waals surface area contributed by atoms with Crippen molar-refractivity contribution >= 4 is 0 Å². The monoisotopic (exact) mass is 289 g/mol. The van der Waals surface area contributed by atoms with E-state index in [1.807, 2.05) is 6.92 Å². The second kappa shape index (κ2) is 7.58. The quantitative estimate of drug-likeness (QED) is 0.806. The van der Waals surface area contributed by atoms with Crippen molar-refractivity contribution in [2.24, 2.45) is 0 Å². The molecule has 5 nitrogen and oxygen atoms in total. The van der Waals surface area contributed by atoms with Crippen molar-refractivity contribution in [3.63, 3.8) is 0 Å². The fourth-order valence-corrected chi connectivity index (χ4v) is 2.95. The van der Waals surface area contributed by atoms with Gasteiger partial charge in [-0.05, 0) is 25.8 Å². The Morgan fingerprint density at radius 1 is 1.24 bits per heavy atom. The standard InChI is InChI=1S/C16H27N5/c1-4-16(5-2)21-7-6-15(18-21)13-19-8-10-20(11-9-19)14(3)12-17/h6-7,14,16H,4-5,8-11,13H2,1-3H3. The second-order valence-electron chi connectivity index (χ2n) is 5.87. The maximum atomic E-state index is 8.97. The van der Waals surface area contributed by atoms with Gasteiger partial charge in [0, 0.05) is 38.9 Å². The van der Waals surface area contributed by atoms with Crippen molar-refractivity contribution in [1.29, 1.82) is 5.26 Å². The molecule has 0 radical (unpaired) electrons. The van der Waals surface area contributed by atoms with Gasteiger partial charge in [0.2, 0.25) is 0 Å². The molecule has 0 aliphatic carbocycles. The van der Waals surface area contributed by atoms with E-state index in [-0.39, 0.29) is 6.04 Å². The highest BCUT2D eigenvalue weighted by Crippen LogP contribution is 2.15. The van der Waals surface area contributed by atoms with E-state index in [0.717, 1.165) is 51.3 Å². The number of nitrogens with zero attached hydrogens (tertiary/aromatic N) is 5. The first-order valence-electron chi connectivity index (χ1n) is 8.08. The van der Waals surface area contributed by atoms with Crippen molar-refractivity contribution in [3.05, 3.63) is 18.0 Å². The molecule has 1 aromatic rings. The van der Waals surface area contributed by atoms with Gasteiger partial charge in [0.15, 0.2) is 0 Å². The van der Waals surface area contributed by atoms with Crippen LogP contribution < -0.4 is 0 Å². The minimum absolute atomic E-state index is 0.0289. The molecule has 1 aromatic heterocycles. The summed E-state index contributed by atoms with van der Waals surface area (Å²) < 4.78 is 2.11. The second-order valence-corrected chi connectivity index (χ2v) is 5.87. The SMILES string of the molecule is CCC(CC)n1ccc(CN2CCN(C(C)C#N)CC2)n1. The highest BCUT2D eigenvalue weighted by Gasteiger charge is 2.21. The Labute approximate surface area is 128 Å². The Morgan fingerprint density at radius 3 is 2.48 bits per heavy atom. The van der Waals surface area contributed by atoms with Crippen LogP contribution in [0.1, 0.15) is 45.3 Å². The third kappa shape index (κ3) is 4.05. The predicted octanol–water partition coefficient (Wildman–Crippen LogP) is 2.27. The van der Waals surface area contributed by atoms with Crippen molar-refractivity contribution in [3.8, 4) is 6.07 Å². The van der Waals surface area contributed by atoms with Crippen LogP contribution in [0, 0.1) is 11.3 Å². The molecule has 0 aromatic carbocycles. The maximum absolute atomic E-state index is 8.97. The molecule has 1 saturated heterocycles. The molecule has 2 rings (SSSR count). The topological polar surface area (TPSA) is 48.1 Å². The first-order chi connectivity index (χ1) is 10.2. The van der Waals surface area contributed by atoms with E-state index in [1.165, 1.54) is 0 Å². The number of nitriles is 1. The van der Waals surface area contributed by atoms with Gasteiger partial charge in [-0.2, -0.15) is 10.4 Å². The van der Waals surface area contributed by atoms with Gasteiger partial charge < -0.3 is 0 Å². The Bertz CT molecular complexity index is 463. The summed E-state index contributed by atoms with van der Waals surface area (Å²) in [4.78, 5) is 4.68. The van der Waals surface area contributed by atoms with E-state index >= 15 is 0 Å². The summed E-state index contributed by atoms with van der Waals surface area (Å²) in [5, 5.41) is 13.7. The molecule has 0 N–H and O–H groups in total. The molecule has 5 heteroatoms. The summed E-state index contributed by atoms with van der Waals surface area (Å²) in [5.74, 6) is 0. The fraction of sp³-hybridized carbons (Fsp3) is 0.750. The molecule has 116 valence electrons. The molecule has 0 spiro atoms. The zero-order chi connectivity index (χ0) is 15.2. The van der Waals surface area contributed by atoms with Crippen LogP contribution in [-0.4, -0.2) is 51.8 Å². The molecule has 1 fully saturated rings. The molecule has 0 amide bonds. The molecule has 1 atom stereocenters. The minimum atomic E-state index is 0.0289. The lowest BCUT2D eigenvalue weighted by molar-refractivity contribution is 0.113. The number of hydrogen-bond acceptors (Lipinski definition) is 4. The normalized spacial score (nSPS) is 18.8. The molecule has 1 aliphatic heterocycles. The molecule has 1 unspecified atom stereocenters. The van der Waals surface area contributed by atoms with E-state index in [1.54, 1.807) is 0 Å². The van der Waals surface area contributed by atoms with Crippen molar-refractivity contribution in [2.75, 3.05) is 26.2 Å². The molecule has 0 bridgehead atoms. The van der Waals surface area contributed by atoms with Gasteiger partial charge in [-0.3, -0.25) is 14.5 Å². The first kappa shape index (κ1) is 16.0. The predicted molar refractivity (Wildman–Crippen MR) is 83.8 cm³/mol. The van der Waals surface area contributed by atoms with E-state index in [4.69, 9.17) is 10.4 Å². The lowest BCUT2D eigenvalue weighted by atomic mass is 10.2. The van der Waals surface area contributed by atoms with Gasteiger partial charge in [-0.1, -0.05) is 13.8 Å². The maximum Gasteiger partial charge on any atom is 0.0950 e. The van der Waals surface area contributed by atoms with Gasteiger partial charge in [0.05, 0.1) is 23.8 Å². The van der Waals surface area contributed by atoms with Gasteiger partial charge in [-0.25, -0.2) is 0 Å². The first-order valence-corrected chi connectivity index (χ1v) is 8.08. The average molecular weight is 289 g/mol. The lowest BCUT2D eigenvalue weighted by Gasteiger charge is -2.35. The summed E-state index contributed by atoms with van der Waals surface area (Å²) in [6.45, 7) is 11.3. The summed E-state index contributed by atoms with van der Waals surface area (Å²) in [6.07, 6.45) is 4.37. The van der Waals surface area contributed by atoms with Crippen molar-refractivity contribution in [1.82, 2.24) is 19.6 Å². The number of hydrogen-bond donors (Lipinski definition) is 0. The highest BCUT2D eigenvalue weighted by molar-refractivity contribution is 5.00. The summed E-state index contributed by atoms with van der Waals surface area (Å²) in [7, 11) is 0. The average Bonchev–Trinajstić information content (AvgIpc) is 2.97. The third-order valence-corrected chi connectivity index (χ3v) is 4.51. The zero-order valence-corrected chi connectivity index (χ0v) is 13.5. The summed E-state index contributed by atoms with van der Waals surface area (Å²) in [6, 6.07) is 5.01. The Hall–Kier alpha value is -1.38.